The van der Waals surface area contributed by atoms with Crippen LogP contribution in [-0.4, -0.2) is 34.2 Å². The Balaban J connectivity index is 1.82. The fourth-order valence-corrected chi connectivity index (χ4v) is 9.35. The smallest absolute Gasteiger partial charge is 0.261 e. The van der Waals surface area contributed by atoms with Crippen molar-refractivity contribution < 1.29 is 9.16 Å². The third-order valence-electron chi connectivity index (χ3n) is 6.22. The van der Waals surface area contributed by atoms with Gasteiger partial charge in [-0.05, 0) is 47.0 Å². The first kappa shape index (κ1) is 22.2. The maximum atomic E-state index is 7.10. The van der Waals surface area contributed by atoms with Gasteiger partial charge in [0.15, 0.2) is 0 Å². The van der Waals surface area contributed by atoms with Crippen LogP contribution in [0, 0.1) is 5.92 Å². The van der Waals surface area contributed by atoms with Crippen LogP contribution in [0.5, 0.6) is 0 Å². The molecule has 0 saturated heterocycles. The Hall–Kier alpha value is -1.46. The Morgan fingerprint density at radius 3 is 1.83 bits per heavy atom. The van der Waals surface area contributed by atoms with Gasteiger partial charge in [0.2, 0.25) is 0 Å². The highest BCUT2D eigenvalue weighted by Gasteiger charge is 2.50. The zero-order valence-corrected chi connectivity index (χ0v) is 19.3. The third-order valence-corrected chi connectivity index (χ3v) is 11.2. The fraction of sp³-hybridized carbons (Fsp3) is 0.520. The van der Waals surface area contributed by atoms with Gasteiger partial charge in [0.1, 0.15) is 0 Å². The molecule has 4 heteroatoms. The highest BCUT2D eigenvalue weighted by atomic mass is 28.4. The maximum absolute atomic E-state index is 7.10. The van der Waals surface area contributed by atoms with Crippen molar-refractivity contribution in [2.75, 3.05) is 19.8 Å². The van der Waals surface area contributed by atoms with Crippen LogP contribution < -0.4 is 16.1 Å². The van der Waals surface area contributed by atoms with E-state index in [9.17, 15) is 0 Å². The normalized spacial score (nSPS) is 20.6. The zero-order chi connectivity index (χ0) is 20.7. The predicted molar refractivity (Wildman–Crippen MR) is 124 cm³/mol. The molecule has 158 valence electrons. The molecule has 1 aliphatic rings. The Morgan fingerprint density at radius 1 is 0.862 bits per heavy atom. The Bertz CT molecular complexity index is 682. The summed E-state index contributed by atoms with van der Waals surface area (Å²) in [5.74, 6) is 0.606. The quantitative estimate of drug-likeness (QED) is 0.665. The van der Waals surface area contributed by atoms with Gasteiger partial charge < -0.3 is 14.9 Å². The monoisotopic (exact) mass is 411 g/mol. The standard InChI is InChI=1S/C25H37NO2Si/c1-25(2,3)29(23-10-6-4-7-11-23,24-12-8-5-9-13-24)28-20-21-14-16-22(17-15-21)27-19-18-26/h4-13,21-22H,14-20,26H2,1-3H3. The molecule has 3 nitrogen and oxygen atoms in total. The van der Waals surface area contributed by atoms with Crippen LogP contribution in [0.15, 0.2) is 60.7 Å². The van der Waals surface area contributed by atoms with Crippen molar-refractivity contribution >= 4 is 18.7 Å². The van der Waals surface area contributed by atoms with E-state index in [1.54, 1.807) is 0 Å². The number of ether oxygens (including phenoxy) is 1. The van der Waals surface area contributed by atoms with Gasteiger partial charge in [-0.25, -0.2) is 0 Å². The highest BCUT2D eigenvalue weighted by molar-refractivity contribution is 6.99. The molecule has 0 unspecified atom stereocenters. The summed E-state index contributed by atoms with van der Waals surface area (Å²) in [4.78, 5) is 0. The van der Waals surface area contributed by atoms with Crippen molar-refractivity contribution in [3.63, 3.8) is 0 Å². The summed E-state index contributed by atoms with van der Waals surface area (Å²) in [6, 6.07) is 21.8. The van der Waals surface area contributed by atoms with Crippen LogP contribution in [0.1, 0.15) is 46.5 Å². The van der Waals surface area contributed by atoms with Gasteiger partial charge in [0.05, 0.1) is 12.7 Å². The first-order valence-electron chi connectivity index (χ1n) is 11.0. The molecule has 0 spiro atoms. The van der Waals surface area contributed by atoms with E-state index in [-0.39, 0.29) is 5.04 Å². The van der Waals surface area contributed by atoms with Gasteiger partial charge in [-0.15, -0.1) is 0 Å². The molecule has 2 aromatic carbocycles. The topological polar surface area (TPSA) is 44.5 Å². The molecule has 2 aromatic rings. The van der Waals surface area contributed by atoms with Crippen molar-refractivity contribution in [1.29, 1.82) is 0 Å². The second-order valence-electron chi connectivity index (χ2n) is 9.28. The first-order valence-corrected chi connectivity index (χ1v) is 12.9. The van der Waals surface area contributed by atoms with Crippen molar-refractivity contribution in [2.24, 2.45) is 11.7 Å². The van der Waals surface area contributed by atoms with Gasteiger partial charge in [-0.1, -0.05) is 81.4 Å². The zero-order valence-electron chi connectivity index (χ0n) is 18.3. The molecule has 0 bridgehead atoms. The Labute approximate surface area is 177 Å². The number of benzene rings is 2. The summed E-state index contributed by atoms with van der Waals surface area (Å²) in [6.45, 7) is 9.14. The lowest BCUT2D eigenvalue weighted by Crippen LogP contribution is -2.67. The second kappa shape index (κ2) is 10.0. The van der Waals surface area contributed by atoms with Crippen molar-refractivity contribution in [3.8, 4) is 0 Å². The number of hydrogen-bond donors (Lipinski definition) is 1. The largest absolute Gasteiger partial charge is 0.407 e. The summed E-state index contributed by atoms with van der Waals surface area (Å²) in [5, 5.41) is 2.76. The van der Waals surface area contributed by atoms with E-state index in [1.165, 1.54) is 23.2 Å². The first-order chi connectivity index (χ1) is 14.0. The van der Waals surface area contributed by atoms with Crippen LogP contribution in [0.4, 0.5) is 0 Å². The molecule has 3 rings (SSSR count). The fourth-order valence-electron chi connectivity index (χ4n) is 4.70. The molecule has 1 saturated carbocycles. The molecular weight excluding hydrogens is 374 g/mol. The lowest BCUT2D eigenvalue weighted by atomic mass is 9.88. The van der Waals surface area contributed by atoms with E-state index in [0.29, 0.717) is 25.2 Å². The van der Waals surface area contributed by atoms with E-state index in [0.717, 1.165) is 19.4 Å². The third kappa shape index (κ3) is 5.18. The number of hydrogen-bond acceptors (Lipinski definition) is 3. The lowest BCUT2D eigenvalue weighted by Gasteiger charge is -2.44. The highest BCUT2D eigenvalue weighted by Crippen LogP contribution is 2.38. The summed E-state index contributed by atoms with van der Waals surface area (Å²) in [6.07, 6.45) is 4.97. The summed E-state index contributed by atoms with van der Waals surface area (Å²) in [5.41, 5.74) is 5.58. The van der Waals surface area contributed by atoms with E-state index < -0.39 is 8.32 Å². The van der Waals surface area contributed by atoms with E-state index in [4.69, 9.17) is 14.9 Å². The Morgan fingerprint density at radius 2 is 1.38 bits per heavy atom. The van der Waals surface area contributed by atoms with Crippen molar-refractivity contribution in [3.05, 3.63) is 60.7 Å². The van der Waals surface area contributed by atoms with Gasteiger partial charge in [0.25, 0.3) is 8.32 Å². The predicted octanol–water partition coefficient (Wildman–Crippen LogP) is 4.10. The molecule has 2 N–H and O–H groups in total. The number of rotatable bonds is 8. The summed E-state index contributed by atoms with van der Waals surface area (Å²) in [7, 11) is -2.42. The molecule has 1 fully saturated rings. The molecular formula is C25H37NO2Si. The van der Waals surface area contributed by atoms with Gasteiger partial charge in [0, 0.05) is 13.2 Å². The van der Waals surface area contributed by atoms with Crippen LogP contribution in [0.25, 0.3) is 0 Å². The van der Waals surface area contributed by atoms with Gasteiger partial charge in [-0.3, -0.25) is 0 Å². The molecule has 1 aliphatic carbocycles. The minimum atomic E-state index is -2.42. The molecule has 0 amide bonds. The lowest BCUT2D eigenvalue weighted by molar-refractivity contribution is 0.0164. The SMILES string of the molecule is CC(C)(C)[Si](OCC1CCC(OCCN)CC1)(c1ccccc1)c1ccccc1. The van der Waals surface area contributed by atoms with Crippen molar-refractivity contribution in [1.82, 2.24) is 0 Å². The van der Waals surface area contributed by atoms with Crippen LogP contribution >= 0.6 is 0 Å². The van der Waals surface area contributed by atoms with E-state index >= 15 is 0 Å². The van der Waals surface area contributed by atoms with Gasteiger partial charge in [-0.2, -0.15) is 0 Å². The summed E-state index contributed by atoms with van der Waals surface area (Å²) >= 11 is 0. The minimum Gasteiger partial charge on any atom is -0.407 e. The molecule has 0 aliphatic heterocycles. The van der Waals surface area contributed by atoms with Crippen LogP contribution in [0.3, 0.4) is 0 Å². The molecule has 0 aromatic heterocycles. The van der Waals surface area contributed by atoms with Crippen LogP contribution in [0.2, 0.25) is 5.04 Å². The number of nitrogens with two attached hydrogens (primary N) is 1. The van der Waals surface area contributed by atoms with Crippen molar-refractivity contribution in [2.45, 2.75) is 57.6 Å². The minimum absolute atomic E-state index is 0.0388. The average molecular weight is 412 g/mol. The Kier molecular flexibility index (Phi) is 7.69. The van der Waals surface area contributed by atoms with E-state index in [2.05, 4.69) is 81.4 Å². The molecule has 29 heavy (non-hydrogen) atoms. The summed E-state index contributed by atoms with van der Waals surface area (Å²) < 4.78 is 13.0. The molecule has 0 heterocycles. The average Bonchev–Trinajstić information content (AvgIpc) is 2.74. The van der Waals surface area contributed by atoms with Crippen LogP contribution in [-0.2, 0) is 9.16 Å². The second-order valence-corrected chi connectivity index (χ2v) is 13.6. The molecule has 0 atom stereocenters. The van der Waals surface area contributed by atoms with Gasteiger partial charge >= 0.3 is 0 Å². The van der Waals surface area contributed by atoms with E-state index in [1.807, 2.05) is 0 Å². The maximum Gasteiger partial charge on any atom is 0.261 e. The molecule has 0 radical (unpaired) electrons.